The van der Waals surface area contributed by atoms with E-state index in [4.69, 9.17) is 19.3 Å². The number of halogens is 2. The molecule has 10 aromatic carbocycles. The number of para-hydroxylation sites is 3. The number of aryl methyl sites for hydroxylation is 2. The van der Waals surface area contributed by atoms with Crippen LogP contribution in [0, 0.1) is 66.3 Å². The molecule has 0 bridgehead atoms. The Labute approximate surface area is 691 Å². The number of pyridine rings is 3. The summed E-state index contributed by atoms with van der Waals surface area (Å²) >= 11 is 0. The van der Waals surface area contributed by atoms with Gasteiger partial charge in [0.1, 0.15) is 17.4 Å². The maximum Gasteiger partial charge on any atom is 0.224 e. The van der Waals surface area contributed by atoms with Crippen molar-refractivity contribution in [1.29, 1.82) is 0 Å². The van der Waals surface area contributed by atoms with Gasteiger partial charge in [0.05, 0.1) is 11.5 Å². The van der Waals surface area contributed by atoms with Crippen molar-refractivity contribution in [2.75, 3.05) is 0 Å². The van der Waals surface area contributed by atoms with Crippen LogP contribution in [-0.2, 0) is 74.7 Å². The predicted octanol–water partition coefficient (Wildman–Crippen LogP) is 25.5. The molecule has 0 amide bonds. The first-order valence-electron chi connectivity index (χ1n) is 36.1. The van der Waals surface area contributed by atoms with Gasteiger partial charge in [0.25, 0.3) is 0 Å². The summed E-state index contributed by atoms with van der Waals surface area (Å²) in [5.74, 6) is 3.03. The van der Waals surface area contributed by atoms with Crippen molar-refractivity contribution in [3.63, 3.8) is 0 Å². The smallest absolute Gasteiger partial charge is 0.224 e. The number of carbonyl (C=O) groups excluding carboxylic acids is 3. The molecule has 17 heteroatoms. The molecule has 0 aliphatic rings. The summed E-state index contributed by atoms with van der Waals surface area (Å²) in [5.41, 5.74) is 4.14. The van der Waals surface area contributed by atoms with Crippen LogP contribution in [0.5, 0.6) is 34.9 Å². The predicted molar refractivity (Wildman–Crippen MR) is 434 cm³/mol. The number of aromatic nitrogens is 3. The fourth-order valence-corrected chi connectivity index (χ4v) is 11.7. The number of aliphatic hydroxyl groups is 3. The molecular formula is C94H94F2Ir3N3O9-3. The summed E-state index contributed by atoms with van der Waals surface area (Å²) in [5, 5.41) is 39.0. The summed E-state index contributed by atoms with van der Waals surface area (Å²) in [7, 11) is 0. The van der Waals surface area contributed by atoms with Gasteiger partial charge in [0, 0.05) is 159 Å². The molecule has 583 valence electrons. The quantitative estimate of drug-likeness (QED) is 0.0361. The minimum Gasteiger partial charge on any atom is -0.512 e. The van der Waals surface area contributed by atoms with Crippen molar-refractivity contribution in [3.05, 3.63) is 295 Å². The van der Waals surface area contributed by atoms with Gasteiger partial charge < -0.3 is 29.5 Å². The zero-order valence-corrected chi connectivity index (χ0v) is 72.1. The number of benzene rings is 10. The Balaban J connectivity index is 0.000000247. The van der Waals surface area contributed by atoms with Gasteiger partial charge in [-0.25, -0.2) is 23.7 Å². The average Bonchev–Trinajstić information content (AvgIpc) is 0.776. The molecule has 12 nitrogen and oxygen atoms in total. The van der Waals surface area contributed by atoms with E-state index < -0.39 is 17.0 Å². The fraction of sp³-hybridized carbons (Fsp3) is 0.234. The van der Waals surface area contributed by atoms with Crippen LogP contribution in [0.2, 0.25) is 0 Å². The monoisotopic (exact) mass is 2030 g/mol. The third-order valence-corrected chi connectivity index (χ3v) is 17.8. The van der Waals surface area contributed by atoms with Crippen LogP contribution in [0.25, 0.3) is 75.8 Å². The Hall–Kier alpha value is -9.95. The molecule has 13 aromatic rings. The van der Waals surface area contributed by atoms with Crippen molar-refractivity contribution < 1.29 is 113 Å². The SMILES string of the molecule is CC(=O)C=C(C)O.CC(C)(C)C(=O)C=C(O)C(C)(C)C.CCC(CC)C(=O)C=C(O)C(CC)CC.Cc1cc2c(Oc3[c-]cccc3)nccc2c2ccc(-c3ccccc3)cc12.Cc1cccc2ccc3c(Oc4[c-]cccc4)nccc3c12.Fc1ccc2c(F)cc3c(Oc4[c-]cccc4)nccc3c2c1.[Ir].[Ir].[Ir]. The molecule has 0 unspecified atom stereocenters. The van der Waals surface area contributed by atoms with Crippen LogP contribution in [0.15, 0.2) is 254 Å². The summed E-state index contributed by atoms with van der Waals surface area (Å²) in [6.45, 7) is 26.3. The molecule has 3 N–H and O–H groups in total. The third kappa shape index (κ3) is 25.8. The Bertz CT molecular complexity index is 5330. The fourth-order valence-electron chi connectivity index (χ4n) is 11.7. The standard InChI is InChI=1S/C26H18NO.C20H14NO.C19H10F2NO.C13H24O2.C11H20O2.C5H8O2.3Ir/c1-18-16-25-23(14-15-27-26(25)28-21-10-6-3-7-11-21)22-13-12-20(17-24(18)22)19-8-4-2-5-9-19;1-14-6-5-7-15-10-11-18-17(19(14)15)12-13-21-20(18)22-16-8-3-2-4-9-16;20-12-6-7-15-16(10-12)14-8-9-22-19(17(14)11-18(15)21)23-13-4-2-1-3-5-13;1-5-10(6-2)12(14)9-13(15)11(7-3)8-4;1-10(2,3)8(12)7-9(13)11(4,5)6;1-4(6)3-5(2)7;;;/h2-10,12-17H,1H3;2-8,10-13H,1H3;1-4,6-11H;9-11,14H,5-8H2,1-4H3;7,12H,1-6H3;3,6H,1-2H3;;;/q3*-1;;;;;;. The van der Waals surface area contributed by atoms with Crippen molar-refractivity contribution in [3.8, 4) is 46.0 Å². The van der Waals surface area contributed by atoms with Crippen LogP contribution >= 0.6 is 0 Å². The van der Waals surface area contributed by atoms with E-state index in [0.717, 1.165) is 47.2 Å². The van der Waals surface area contributed by atoms with Crippen LogP contribution in [0.3, 0.4) is 0 Å². The van der Waals surface area contributed by atoms with E-state index >= 15 is 0 Å². The maximum atomic E-state index is 14.4. The maximum absolute atomic E-state index is 14.4. The largest absolute Gasteiger partial charge is 0.512 e. The average molecular weight is 2020 g/mol. The molecular weight excluding hydrogens is 1930 g/mol. The number of rotatable bonds is 16. The first kappa shape index (κ1) is 91.7. The second-order valence-electron chi connectivity index (χ2n) is 28.0. The topological polar surface area (TPSA) is 178 Å². The van der Waals surface area contributed by atoms with E-state index in [0.29, 0.717) is 50.6 Å². The minimum absolute atomic E-state index is 0. The Morgan fingerprint density at radius 1 is 0.441 bits per heavy atom. The number of ether oxygens (including phenoxy) is 3. The molecule has 0 aliphatic heterocycles. The van der Waals surface area contributed by atoms with Gasteiger partial charge in [-0.15, -0.1) is 36.4 Å². The number of aliphatic hydroxyl groups excluding tert-OH is 3. The summed E-state index contributed by atoms with van der Waals surface area (Å²) in [6.07, 6.45) is 12.6. The summed E-state index contributed by atoms with van der Waals surface area (Å²) < 4.78 is 45.6. The van der Waals surface area contributed by atoms with E-state index in [2.05, 4.69) is 132 Å². The Morgan fingerprint density at radius 3 is 1.40 bits per heavy atom. The second-order valence-corrected chi connectivity index (χ2v) is 28.0. The van der Waals surface area contributed by atoms with Gasteiger partial charge in [0.15, 0.2) is 17.3 Å². The van der Waals surface area contributed by atoms with Gasteiger partial charge in [0.2, 0.25) is 17.6 Å². The van der Waals surface area contributed by atoms with Crippen LogP contribution < -0.4 is 14.2 Å². The Kier molecular flexibility index (Phi) is 36.0. The number of nitrogens with zero attached hydrogens (tertiary/aromatic N) is 3. The second kappa shape index (κ2) is 43.6. The van der Waals surface area contributed by atoms with Gasteiger partial charge >= 0.3 is 0 Å². The molecule has 3 aromatic heterocycles. The van der Waals surface area contributed by atoms with E-state index in [1.165, 1.54) is 100 Å². The molecule has 0 saturated carbocycles. The number of allylic oxidation sites excluding steroid dienone is 6. The first-order valence-corrected chi connectivity index (χ1v) is 36.1. The molecule has 0 fully saturated rings. The van der Waals surface area contributed by atoms with Gasteiger partial charge in [-0.05, 0) is 179 Å². The first-order chi connectivity index (χ1) is 51.6. The van der Waals surface area contributed by atoms with E-state index in [1.54, 1.807) is 36.8 Å². The number of fused-ring (bicyclic) bond motifs is 9. The summed E-state index contributed by atoms with van der Waals surface area (Å²) in [4.78, 5) is 46.3. The third-order valence-electron chi connectivity index (χ3n) is 17.8. The van der Waals surface area contributed by atoms with E-state index in [-0.39, 0.29) is 118 Å². The van der Waals surface area contributed by atoms with E-state index in [9.17, 15) is 33.4 Å². The number of ketones is 3. The minimum atomic E-state index is -0.442. The van der Waals surface area contributed by atoms with Crippen LogP contribution in [-0.4, -0.2) is 47.6 Å². The molecule has 3 heterocycles. The Morgan fingerprint density at radius 2 is 0.919 bits per heavy atom. The van der Waals surface area contributed by atoms with Gasteiger partial charge in [-0.1, -0.05) is 136 Å². The van der Waals surface area contributed by atoms with Gasteiger partial charge in [-0.2, -0.15) is 54.6 Å². The molecule has 3 radical (unpaired) electrons. The number of carbonyl (C=O) groups is 3. The summed E-state index contributed by atoms with van der Waals surface area (Å²) in [6, 6.07) is 72.3. The van der Waals surface area contributed by atoms with Crippen molar-refractivity contribution in [1.82, 2.24) is 15.0 Å². The molecule has 0 saturated heterocycles. The van der Waals surface area contributed by atoms with E-state index in [1.807, 2.05) is 142 Å². The molecule has 111 heavy (non-hydrogen) atoms. The van der Waals surface area contributed by atoms with Crippen LogP contribution in [0.1, 0.15) is 120 Å². The van der Waals surface area contributed by atoms with Crippen molar-refractivity contribution >= 4 is 82.0 Å². The van der Waals surface area contributed by atoms with Crippen LogP contribution in [0.4, 0.5) is 8.78 Å². The number of hydrogen-bond donors (Lipinski definition) is 3. The van der Waals surface area contributed by atoms with Crippen molar-refractivity contribution in [2.45, 2.75) is 123 Å². The molecule has 13 rings (SSSR count). The molecule has 0 atom stereocenters. The zero-order chi connectivity index (χ0) is 78.2. The zero-order valence-electron chi connectivity index (χ0n) is 64.9. The van der Waals surface area contributed by atoms with Gasteiger partial charge in [-0.3, -0.25) is 14.4 Å². The van der Waals surface area contributed by atoms with Crippen molar-refractivity contribution in [2.24, 2.45) is 22.7 Å². The number of hydrogen-bond acceptors (Lipinski definition) is 12. The molecule has 0 aliphatic carbocycles. The molecule has 0 spiro atoms. The normalized spacial score (nSPS) is 11.4.